The van der Waals surface area contributed by atoms with Gasteiger partial charge in [-0.3, -0.25) is 9.59 Å². The van der Waals surface area contributed by atoms with E-state index in [1.54, 1.807) is 7.05 Å². The van der Waals surface area contributed by atoms with Crippen LogP contribution in [-0.4, -0.2) is 79.1 Å². The number of carbonyl (C=O) groups is 3. The number of hydrogen-bond donors (Lipinski definition) is 2. The van der Waals surface area contributed by atoms with Gasteiger partial charge in [0.15, 0.2) is 0 Å². The van der Waals surface area contributed by atoms with Gasteiger partial charge in [-0.05, 0) is 44.1 Å². The van der Waals surface area contributed by atoms with Crippen molar-refractivity contribution in [3.8, 4) is 0 Å². The maximum absolute atomic E-state index is 12.6. The number of hydrogen-bond acceptors (Lipinski definition) is 4. The highest BCUT2D eigenvalue weighted by Crippen LogP contribution is 2.61. The van der Waals surface area contributed by atoms with E-state index in [1.807, 2.05) is 18.7 Å². The molecule has 1 spiro atoms. The number of halogens is 3. The second-order valence-electron chi connectivity index (χ2n) is 9.13. The van der Waals surface area contributed by atoms with E-state index in [9.17, 15) is 22.8 Å². The van der Waals surface area contributed by atoms with E-state index in [2.05, 4.69) is 17.3 Å². The zero-order valence-electron chi connectivity index (χ0n) is 18.0. The Labute approximate surface area is 175 Å². The lowest BCUT2D eigenvalue weighted by Crippen LogP contribution is -2.49. The Morgan fingerprint density at radius 3 is 2.07 bits per heavy atom. The van der Waals surface area contributed by atoms with Crippen LogP contribution < -0.4 is 5.32 Å². The Kier molecular flexibility index (Phi) is 7.10. The number of aliphatic carboxylic acids is 1. The van der Waals surface area contributed by atoms with Crippen LogP contribution in [0.3, 0.4) is 0 Å². The molecule has 30 heavy (non-hydrogen) atoms. The summed E-state index contributed by atoms with van der Waals surface area (Å²) in [6, 6.07) is 0. The standard InChI is InChI=1S/C18H31N3O2.C2HF3O2/c1-13(2)15(22)21-9-7-17(8-10-21)5-6-18(16(23)19-3)12-20(4)11-14(17)18;3-2(4,5)1(6)7/h13-14H,5-12H2,1-4H3,(H,19,23);(H,6,7)/t14-,18+;/m0./s1. The number of carboxylic acids is 1. The third-order valence-electron chi connectivity index (χ3n) is 7.01. The molecule has 2 heterocycles. The number of likely N-dealkylation sites (tertiary alicyclic amines) is 2. The maximum atomic E-state index is 12.6. The number of piperidine rings is 1. The van der Waals surface area contributed by atoms with E-state index in [-0.39, 0.29) is 28.6 Å². The summed E-state index contributed by atoms with van der Waals surface area (Å²) in [5, 5.41) is 10.0. The minimum absolute atomic E-state index is 0.0789. The predicted octanol–water partition coefficient (Wildman–Crippen LogP) is 1.97. The predicted molar refractivity (Wildman–Crippen MR) is 103 cm³/mol. The van der Waals surface area contributed by atoms with Gasteiger partial charge in [-0.2, -0.15) is 13.2 Å². The highest BCUT2D eigenvalue weighted by Gasteiger charge is 2.63. The summed E-state index contributed by atoms with van der Waals surface area (Å²) in [5.74, 6) is -1.73. The van der Waals surface area contributed by atoms with Crippen LogP contribution in [-0.2, 0) is 14.4 Å². The molecule has 2 saturated heterocycles. The number of carbonyl (C=O) groups excluding carboxylic acids is 2. The van der Waals surface area contributed by atoms with Crippen LogP contribution in [0.15, 0.2) is 0 Å². The summed E-state index contributed by atoms with van der Waals surface area (Å²) >= 11 is 0. The van der Waals surface area contributed by atoms with E-state index < -0.39 is 12.1 Å². The molecule has 7 nitrogen and oxygen atoms in total. The molecule has 3 fully saturated rings. The van der Waals surface area contributed by atoms with Crippen LogP contribution >= 0.6 is 0 Å². The van der Waals surface area contributed by atoms with Gasteiger partial charge >= 0.3 is 12.1 Å². The van der Waals surface area contributed by atoms with Gasteiger partial charge in [-0.1, -0.05) is 13.8 Å². The molecular weight excluding hydrogens is 403 g/mol. The van der Waals surface area contributed by atoms with Gasteiger partial charge in [0.25, 0.3) is 0 Å². The SMILES string of the molecule is CNC(=O)[C@@]12CCC3(CCN(C(=O)C(C)C)CC3)[C@@H]1CN(C)C2.O=C(O)C(F)(F)F. The average Bonchev–Trinajstić information content (AvgIpc) is 3.16. The van der Waals surface area contributed by atoms with Crippen LogP contribution in [0.1, 0.15) is 39.5 Å². The van der Waals surface area contributed by atoms with Crippen molar-refractivity contribution >= 4 is 17.8 Å². The fourth-order valence-corrected chi connectivity index (χ4v) is 5.55. The van der Waals surface area contributed by atoms with E-state index in [0.717, 1.165) is 51.9 Å². The van der Waals surface area contributed by atoms with Gasteiger partial charge in [-0.15, -0.1) is 0 Å². The summed E-state index contributed by atoms with van der Waals surface area (Å²) < 4.78 is 31.7. The van der Waals surface area contributed by atoms with Crippen LogP contribution in [0, 0.1) is 22.7 Å². The first-order valence-electron chi connectivity index (χ1n) is 10.3. The molecule has 0 bridgehead atoms. The third-order valence-corrected chi connectivity index (χ3v) is 7.01. The summed E-state index contributed by atoms with van der Waals surface area (Å²) in [7, 11) is 3.90. The molecular formula is C20H32F3N3O4. The molecule has 0 radical (unpaired) electrons. The molecule has 2 aliphatic heterocycles. The summed E-state index contributed by atoms with van der Waals surface area (Å²) in [5.41, 5.74) is 0.0543. The van der Waals surface area contributed by atoms with Crippen LogP contribution in [0.2, 0.25) is 0 Å². The summed E-state index contributed by atoms with van der Waals surface area (Å²) in [6.07, 6.45) is -0.826. The minimum Gasteiger partial charge on any atom is -0.475 e. The zero-order chi connectivity index (χ0) is 22.9. The van der Waals surface area contributed by atoms with Crippen molar-refractivity contribution in [3.05, 3.63) is 0 Å². The molecule has 3 aliphatic rings. The maximum Gasteiger partial charge on any atom is 0.490 e. The molecule has 0 aromatic rings. The highest BCUT2D eigenvalue weighted by molar-refractivity contribution is 5.84. The van der Waals surface area contributed by atoms with Gasteiger partial charge < -0.3 is 20.2 Å². The topological polar surface area (TPSA) is 90.0 Å². The van der Waals surface area contributed by atoms with Crippen molar-refractivity contribution in [3.63, 3.8) is 0 Å². The Hall–Kier alpha value is -1.84. The molecule has 172 valence electrons. The van der Waals surface area contributed by atoms with E-state index in [1.165, 1.54) is 0 Å². The number of rotatable bonds is 2. The largest absolute Gasteiger partial charge is 0.490 e. The van der Waals surface area contributed by atoms with Crippen molar-refractivity contribution in [2.24, 2.45) is 22.7 Å². The smallest absolute Gasteiger partial charge is 0.475 e. The van der Waals surface area contributed by atoms with Gasteiger partial charge in [0, 0.05) is 39.1 Å². The molecule has 10 heteroatoms. The molecule has 3 rings (SSSR count). The quantitative estimate of drug-likeness (QED) is 0.692. The Morgan fingerprint density at radius 2 is 1.63 bits per heavy atom. The van der Waals surface area contributed by atoms with Crippen molar-refractivity contribution in [2.45, 2.75) is 45.7 Å². The number of nitrogens with one attached hydrogen (secondary N) is 1. The first kappa shape index (κ1) is 24.4. The van der Waals surface area contributed by atoms with E-state index >= 15 is 0 Å². The van der Waals surface area contributed by atoms with E-state index in [0.29, 0.717) is 5.92 Å². The second-order valence-corrected chi connectivity index (χ2v) is 9.13. The molecule has 1 saturated carbocycles. The van der Waals surface area contributed by atoms with Gasteiger partial charge in [-0.25, -0.2) is 4.79 Å². The Morgan fingerprint density at radius 1 is 1.10 bits per heavy atom. The number of alkyl halides is 3. The molecule has 2 N–H and O–H groups in total. The van der Waals surface area contributed by atoms with Crippen LogP contribution in [0.4, 0.5) is 13.2 Å². The van der Waals surface area contributed by atoms with E-state index in [4.69, 9.17) is 9.90 Å². The van der Waals surface area contributed by atoms with Crippen molar-refractivity contribution in [1.82, 2.24) is 15.1 Å². The molecule has 2 amide bonds. The number of nitrogens with zero attached hydrogens (tertiary/aromatic N) is 2. The van der Waals surface area contributed by atoms with Crippen LogP contribution in [0.5, 0.6) is 0 Å². The van der Waals surface area contributed by atoms with Gasteiger partial charge in [0.05, 0.1) is 5.41 Å². The number of amides is 2. The number of carboxylic acid groups (broad SMARTS) is 1. The monoisotopic (exact) mass is 435 g/mol. The highest BCUT2D eigenvalue weighted by atomic mass is 19.4. The average molecular weight is 435 g/mol. The number of fused-ring (bicyclic) bond motifs is 2. The fourth-order valence-electron chi connectivity index (χ4n) is 5.55. The van der Waals surface area contributed by atoms with Crippen molar-refractivity contribution in [1.29, 1.82) is 0 Å². The lowest BCUT2D eigenvalue weighted by Gasteiger charge is -2.44. The summed E-state index contributed by atoms with van der Waals surface area (Å²) in [4.78, 5) is 38.2. The first-order chi connectivity index (χ1) is 13.8. The molecule has 0 aromatic carbocycles. The zero-order valence-corrected chi connectivity index (χ0v) is 18.0. The first-order valence-corrected chi connectivity index (χ1v) is 10.3. The fraction of sp³-hybridized carbons (Fsp3) is 0.850. The third kappa shape index (κ3) is 4.58. The normalized spacial score (nSPS) is 28.1. The lowest BCUT2D eigenvalue weighted by molar-refractivity contribution is -0.192. The molecule has 0 unspecified atom stereocenters. The van der Waals surface area contributed by atoms with Gasteiger partial charge in [0.1, 0.15) is 0 Å². The van der Waals surface area contributed by atoms with Crippen LogP contribution in [0.25, 0.3) is 0 Å². The van der Waals surface area contributed by atoms with Crippen molar-refractivity contribution < 1.29 is 32.7 Å². The molecule has 1 aliphatic carbocycles. The Balaban J connectivity index is 0.000000396. The van der Waals surface area contributed by atoms with Gasteiger partial charge in [0.2, 0.25) is 11.8 Å². The molecule has 0 aromatic heterocycles. The van der Waals surface area contributed by atoms with Crippen molar-refractivity contribution in [2.75, 3.05) is 40.3 Å². The molecule has 2 atom stereocenters. The lowest BCUT2D eigenvalue weighted by atomic mass is 9.65. The minimum atomic E-state index is -5.08. The summed E-state index contributed by atoms with van der Waals surface area (Å²) in [6.45, 7) is 7.58. The Bertz CT molecular complexity index is 675. The second kappa shape index (κ2) is 8.72.